The first kappa shape index (κ1) is 21.7. The number of nitrogens with two attached hydrogens (primary N) is 1. The Morgan fingerprint density at radius 2 is 1.77 bits per heavy atom. The van der Waals surface area contributed by atoms with Crippen LogP contribution < -0.4 is 5.73 Å². The summed E-state index contributed by atoms with van der Waals surface area (Å²) in [5.41, 5.74) is 12.5. The van der Waals surface area contributed by atoms with Gasteiger partial charge in [-0.2, -0.15) is 11.8 Å². The van der Waals surface area contributed by atoms with E-state index in [9.17, 15) is 0 Å². The third-order valence-electron chi connectivity index (χ3n) is 5.14. The Balaban J connectivity index is 1.33. The van der Waals surface area contributed by atoms with Crippen molar-refractivity contribution in [3.05, 3.63) is 89.6 Å². The normalized spacial score (nSPS) is 11.1. The SMILES string of the molecule is Cc1c(SCCCSCc2ccncc2)ccnc1Cc1nc2ccccc2cc1N. The molecule has 4 nitrogen and oxygen atoms in total. The number of pyridine rings is 3. The average Bonchev–Trinajstić information content (AvgIpc) is 2.79. The van der Waals surface area contributed by atoms with Crippen LogP contribution in [0.1, 0.15) is 28.9 Å². The molecule has 0 saturated carbocycles. The molecule has 0 aliphatic heterocycles. The van der Waals surface area contributed by atoms with Crippen LogP contribution in [-0.4, -0.2) is 26.5 Å². The number of thioether (sulfide) groups is 2. The molecular weight excluding hydrogens is 420 g/mol. The van der Waals surface area contributed by atoms with Gasteiger partial charge in [-0.3, -0.25) is 15.0 Å². The summed E-state index contributed by atoms with van der Waals surface area (Å²) in [4.78, 5) is 14.8. The molecule has 0 spiro atoms. The lowest BCUT2D eigenvalue weighted by molar-refractivity contribution is 0.982. The van der Waals surface area contributed by atoms with Gasteiger partial charge < -0.3 is 5.73 Å². The molecule has 0 radical (unpaired) electrons. The molecule has 158 valence electrons. The molecule has 31 heavy (non-hydrogen) atoms. The van der Waals surface area contributed by atoms with Gasteiger partial charge in [-0.15, -0.1) is 11.8 Å². The number of nitrogen functional groups attached to an aromatic ring is 1. The van der Waals surface area contributed by atoms with Gasteiger partial charge in [-0.25, -0.2) is 0 Å². The molecular formula is C25H26N4S2. The van der Waals surface area contributed by atoms with Crippen molar-refractivity contribution >= 4 is 40.1 Å². The molecule has 3 aromatic heterocycles. The van der Waals surface area contributed by atoms with E-state index in [1.54, 1.807) is 0 Å². The van der Waals surface area contributed by atoms with Crippen molar-refractivity contribution in [1.82, 2.24) is 15.0 Å². The third-order valence-corrected chi connectivity index (χ3v) is 7.50. The first-order valence-electron chi connectivity index (χ1n) is 10.4. The van der Waals surface area contributed by atoms with E-state index < -0.39 is 0 Å². The van der Waals surface area contributed by atoms with E-state index in [1.807, 2.05) is 72.4 Å². The molecule has 0 fully saturated rings. The van der Waals surface area contributed by atoms with Gasteiger partial charge in [0.05, 0.1) is 22.6 Å². The minimum absolute atomic E-state index is 0.651. The molecule has 0 aliphatic rings. The topological polar surface area (TPSA) is 64.7 Å². The van der Waals surface area contributed by atoms with E-state index in [0.717, 1.165) is 45.2 Å². The molecule has 0 unspecified atom stereocenters. The zero-order chi connectivity index (χ0) is 21.5. The fraction of sp³-hybridized carbons (Fsp3) is 0.240. The van der Waals surface area contributed by atoms with Crippen molar-refractivity contribution in [1.29, 1.82) is 0 Å². The maximum Gasteiger partial charge on any atom is 0.0707 e. The largest absolute Gasteiger partial charge is 0.397 e. The molecule has 0 aliphatic carbocycles. The lowest BCUT2D eigenvalue weighted by Gasteiger charge is -2.12. The Kier molecular flexibility index (Phi) is 7.43. The van der Waals surface area contributed by atoms with Crippen LogP contribution >= 0.6 is 23.5 Å². The van der Waals surface area contributed by atoms with E-state index in [1.165, 1.54) is 22.4 Å². The molecule has 0 bridgehead atoms. The molecule has 0 saturated heterocycles. The highest BCUT2D eigenvalue weighted by Crippen LogP contribution is 2.27. The number of fused-ring (bicyclic) bond motifs is 1. The fourth-order valence-corrected chi connectivity index (χ4v) is 5.48. The summed E-state index contributed by atoms with van der Waals surface area (Å²) in [7, 11) is 0. The van der Waals surface area contributed by atoms with Crippen LogP contribution in [-0.2, 0) is 12.2 Å². The van der Waals surface area contributed by atoms with E-state index in [0.29, 0.717) is 6.42 Å². The van der Waals surface area contributed by atoms with Gasteiger partial charge in [0.1, 0.15) is 0 Å². The number of para-hydroxylation sites is 1. The molecule has 4 rings (SSSR count). The number of benzene rings is 1. The van der Waals surface area contributed by atoms with Crippen molar-refractivity contribution in [3.8, 4) is 0 Å². The zero-order valence-corrected chi connectivity index (χ0v) is 19.3. The summed E-state index contributed by atoms with van der Waals surface area (Å²) in [6.45, 7) is 2.15. The van der Waals surface area contributed by atoms with Crippen molar-refractivity contribution in [2.45, 2.75) is 30.4 Å². The lowest BCUT2D eigenvalue weighted by atomic mass is 10.1. The summed E-state index contributed by atoms with van der Waals surface area (Å²) in [5, 5.41) is 1.07. The number of anilines is 1. The van der Waals surface area contributed by atoms with Gasteiger partial charge in [0.25, 0.3) is 0 Å². The first-order valence-corrected chi connectivity index (χ1v) is 12.5. The minimum Gasteiger partial charge on any atom is -0.397 e. The number of hydrogen-bond donors (Lipinski definition) is 1. The maximum atomic E-state index is 6.29. The number of nitrogens with zero attached hydrogens (tertiary/aromatic N) is 3. The second kappa shape index (κ2) is 10.6. The third kappa shape index (κ3) is 5.77. The predicted molar refractivity (Wildman–Crippen MR) is 134 cm³/mol. The van der Waals surface area contributed by atoms with Crippen LogP contribution in [0.25, 0.3) is 10.9 Å². The molecule has 3 heterocycles. The zero-order valence-electron chi connectivity index (χ0n) is 17.6. The van der Waals surface area contributed by atoms with Gasteiger partial charge in [0.15, 0.2) is 0 Å². The van der Waals surface area contributed by atoms with Gasteiger partial charge in [0.2, 0.25) is 0 Å². The van der Waals surface area contributed by atoms with Crippen LogP contribution in [0.15, 0.2) is 72.0 Å². The molecule has 0 amide bonds. The Morgan fingerprint density at radius 3 is 2.65 bits per heavy atom. The number of aromatic nitrogens is 3. The predicted octanol–water partition coefficient (Wildman–Crippen LogP) is 5.92. The second-order valence-corrected chi connectivity index (χ2v) is 9.63. The molecule has 0 atom stereocenters. The molecule has 6 heteroatoms. The standard InChI is InChI=1S/C25H26N4S2/c1-18-23(16-24-21(26)15-20-5-2-3-6-22(20)29-24)28-12-9-25(18)31-14-4-13-30-17-19-7-10-27-11-8-19/h2-3,5-12,15H,4,13-14,16-17,26H2,1H3. The molecule has 2 N–H and O–H groups in total. The Morgan fingerprint density at radius 1 is 0.935 bits per heavy atom. The van der Waals surface area contributed by atoms with Crippen LogP contribution in [0.5, 0.6) is 0 Å². The molecule has 1 aromatic carbocycles. The van der Waals surface area contributed by atoms with Crippen LogP contribution in [0, 0.1) is 6.92 Å². The first-order chi connectivity index (χ1) is 15.2. The quantitative estimate of drug-likeness (QED) is 0.254. The summed E-state index contributed by atoms with van der Waals surface area (Å²) in [5.74, 6) is 3.31. The fourth-order valence-electron chi connectivity index (χ4n) is 3.38. The van der Waals surface area contributed by atoms with E-state index in [2.05, 4.69) is 35.1 Å². The Hall–Kier alpha value is -2.57. The van der Waals surface area contributed by atoms with E-state index in [-0.39, 0.29) is 0 Å². The maximum absolute atomic E-state index is 6.29. The highest BCUT2D eigenvalue weighted by molar-refractivity contribution is 7.99. The summed E-state index contributed by atoms with van der Waals surface area (Å²) < 4.78 is 0. The van der Waals surface area contributed by atoms with Crippen molar-refractivity contribution in [2.24, 2.45) is 0 Å². The van der Waals surface area contributed by atoms with Gasteiger partial charge in [-0.1, -0.05) is 18.2 Å². The lowest BCUT2D eigenvalue weighted by Crippen LogP contribution is -2.03. The number of rotatable bonds is 9. The summed E-state index contributed by atoms with van der Waals surface area (Å²) in [6, 6.07) is 16.4. The average molecular weight is 447 g/mol. The monoisotopic (exact) mass is 446 g/mol. The van der Waals surface area contributed by atoms with E-state index in [4.69, 9.17) is 10.7 Å². The minimum atomic E-state index is 0.651. The van der Waals surface area contributed by atoms with Crippen LogP contribution in [0.2, 0.25) is 0 Å². The molecule has 4 aromatic rings. The number of hydrogen-bond acceptors (Lipinski definition) is 6. The van der Waals surface area contributed by atoms with Crippen LogP contribution in [0.3, 0.4) is 0 Å². The summed E-state index contributed by atoms with van der Waals surface area (Å²) >= 11 is 3.89. The van der Waals surface area contributed by atoms with E-state index >= 15 is 0 Å². The summed E-state index contributed by atoms with van der Waals surface area (Å²) in [6.07, 6.45) is 7.45. The smallest absolute Gasteiger partial charge is 0.0707 e. The van der Waals surface area contributed by atoms with Crippen molar-refractivity contribution in [2.75, 3.05) is 17.2 Å². The van der Waals surface area contributed by atoms with Crippen molar-refractivity contribution < 1.29 is 0 Å². The van der Waals surface area contributed by atoms with Crippen molar-refractivity contribution in [3.63, 3.8) is 0 Å². The Bertz CT molecular complexity index is 1150. The van der Waals surface area contributed by atoms with Gasteiger partial charge in [0, 0.05) is 41.0 Å². The van der Waals surface area contributed by atoms with Crippen LogP contribution in [0.4, 0.5) is 5.69 Å². The highest BCUT2D eigenvalue weighted by Gasteiger charge is 2.11. The van der Waals surface area contributed by atoms with Gasteiger partial charge in [-0.05, 0) is 66.3 Å². The highest BCUT2D eigenvalue weighted by atomic mass is 32.2. The second-order valence-electron chi connectivity index (χ2n) is 7.38. The van der Waals surface area contributed by atoms with Gasteiger partial charge >= 0.3 is 0 Å². The Labute approximate surface area is 192 Å².